The number of aryl methyl sites for hydroxylation is 1. The third-order valence-corrected chi connectivity index (χ3v) is 5.85. The number of urea groups is 1. The summed E-state index contributed by atoms with van der Waals surface area (Å²) < 4.78 is 5.50. The van der Waals surface area contributed by atoms with E-state index in [1.807, 2.05) is 77.1 Å². The highest BCUT2D eigenvalue weighted by Crippen LogP contribution is 2.31. The lowest BCUT2D eigenvalue weighted by Crippen LogP contribution is -2.43. The largest absolute Gasteiger partial charge is 0.494 e. The van der Waals surface area contributed by atoms with Crippen LogP contribution in [0.1, 0.15) is 43.7 Å². The van der Waals surface area contributed by atoms with Crippen molar-refractivity contribution in [3.05, 3.63) is 71.1 Å². The first kappa shape index (κ1) is 22.6. The van der Waals surface area contributed by atoms with E-state index < -0.39 is 5.54 Å². The van der Waals surface area contributed by atoms with Gasteiger partial charge in [0.15, 0.2) is 5.13 Å². The van der Waals surface area contributed by atoms with Crippen LogP contribution in [0.3, 0.4) is 0 Å². The van der Waals surface area contributed by atoms with Crippen LogP contribution in [0, 0.1) is 6.92 Å². The molecule has 162 valence electrons. The number of hydrogen-bond donors (Lipinski definition) is 2. The molecule has 1 heterocycles. The van der Waals surface area contributed by atoms with Crippen molar-refractivity contribution >= 4 is 28.1 Å². The van der Waals surface area contributed by atoms with Crippen molar-refractivity contribution in [1.29, 1.82) is 0 Å². The monoisotopic (exact) mass is 435 g/mol. The van der Waals surface area contributed by atoms with E-state index in [9.17, 15) is 4.79 Å². The van der Waals surface area contributed by atoms with Crippen molar-refractivity contribution in [2.24, 2.45) is 0 Å². The molecule has 0 saturated heterocycles. The van der Waals surface area contributed by atoms with Crippen LogP contribution in [0.15, 0.2) is 55.1 Å². The number of aromatic nitrogens is 1. The van der Waals surface area contributed by atoms with E-state index in [1.165, 1.54) is 11.3 Å². The van der Waals surface area contributed by atoms with E-state index in [1.54, 1.807) is 0 Å². The number of amides is 2. The Balaban J connectivity index is 1.71. The fourth-order valence-electron chi connectivity index (χ4n) is 3.25. The molecule has 0 radical (unpaired) electrons. The van der Waals surface area contributed by atoms with E-state index >= 15 is 0 Å². The lowest BCUT2D eigenvalue weighted by Gasteiger charge is -2.27. The Labute approximate surface area is 188 Å². The first-order valence-electron chi connectivity index (χ1n) is 10.3. The number of benzene rings is 2. The minimum Gasteiger partial charge on any atom is -0.494 e. The van der Waals surface area contributed by atoms with Crippen LogP contribution in [0.25, 0.3) is 16.8 Å². The van der Waals surface area contributed by atoms with Crippen molar-refractivity contribution in [1.82, 2.24) is 10.3 Å². The quantitative estimate of drug-likeness (QED) is 0.439. The summed E-state index contributed by atoms with van der Waals surface area (Å²) in [5.74, 6) is 0.829. The number of nitrogens with one attached hydrogen (secondary N) is 2. The van der Waals surface area contributed by atoms with E-state index in [-0.39, 0.29) is 6.03 Å². The van der Waals surface area contributed by atoms with Crippen LogP contribution in [-0.4, -0.2) is 17.6 Å². The molecule has 0 saturated carbocycles. The molecule has 0 aliphatic rings. The van der Waals surface area contributed by atoms with E-state index in [4.69, 9.17) is 4.74 Å². The third-order valence-electron chi connectivity index (χ3n) is 4.96. The molecule has 2 amide bonds. The Kier molecular flexibility index (Phi) is 6.81. The molecule has 0 fully saturated rings. The molecule has 5 nitrogen and oxygen atoms in total. The number of carbonyl (C=O) groups is 1. The summed E-state index contributed by atoms with van der Waals surface area (Å²) in [6.07, 6.45) is 0. The Morgan fingerprint density at radius 2 is 1.90 bits per heavy atom. The molecule has 31 heavy (non-hydrogen) atoms. The number of hydrogen-bond acceptors (Lipinski definition) is 4. The number of rotatable bonds is 7. The van der Waals surface area contributed by atoms with Gasteiger partial charge in [-0.15, -0.1) is 11.3 Å². The summed E-state index contributed by atoms with van der Waals surface area (Å²) >= 11 is 1.45. The molecule has 2 aromatic carbocycles. The van der Waals surface area contributed by atoms with Crippen LogP contribution >= 0.6 is 11.3 Å². The van der Waals surface area contributed by atoms with Gasteiger partial charge < -0.3 is 10.1 Å². The van der Waals surface area contributed by atoms with Gasteiger partial charge in [-0.1, -0.05) is 30.4 Å². The van der Waals surface area contributed by atoms with Gasteiger partial charge in [-0.2, -0.15) is 0 Å². The zero-order valence-corrected chi connectivity index (χ0v) is 19.5. The van der Waals surface area contributed by atoms with E-state index in [0.29, 0.717) is 11.7 Å². The van der Waals surface area contributed by atoms with Gasteiger partial charge in [0, 0.05) is 10.4 Å². The molecule has 0 aliphatic carbocycles. The molecule has 0 atom stereocenters. The normalized spacial score (nSPS) is 11.1. The van der Waals surface area contributed by atoms with Crippen LogP contribution in [-0.2, 0) is 5.54 Å². The van der Waals surface area contributed by atoms with Crippen LogP contribution < -0.4 is 15.4 Å². The van der Waals surface area contributed by atoms with Crippen molar-refractivity contribution in [2.75, 3.05) is 11.9 Å². The first-order chi connectivity index (χ1) is 14.7. The molecule has 3 aromatic rings. The fourth-order valence-corrected chi connectivity index (χ4v) is 4.08. The standard InChI is InChI=1S/C25H29N3O2S/c1-7-30-21-13-11-18(12-14-21)22-17(4)31-24(26-22)27-23(29)28-25(5,6)20-10-8-9-19(15-20)16(2)3/h8-15H,2,7H2,1,3-6H3,(H2,26,27,28,29). The Bertz CT molecular complexity index is 1080. The van der Waals surface area contributed by atoms with Gasteiger partial charge in [0.2, 0.25) is 0 Å². The molecular formula is C25H29N3O2S. The number of ether oxygens (including phenoxy) is 1. The van der Waals surface area contributed by atoms with E-state index in [2.05, 4.69) is 28.3 Å². The van der Waals surface area contributed by atoms with Gasteiger partial charge in [0.25, 0.3) is 0 Å². The van der Waals surface area contributed by atoms with Crippen molar-refractivity contribution in [2.45, 2.75) is 40.2 Å². The second kappa shape index (κ2) is 9.35. The summed E-state index contributed by atoms with van der Waals surface area (Å²) in [7, 11) is 0. The van der Waals surface area contributed by atoms with Gasteiger partial charge in [-0.3, -0.25) is 5.32 Å². The molecule has 6 heteroatoms. The summed E-state index contributed by atoms with van der Waals surface area (Å²) in [5, 5.41) is 6.49. The van der Waals surface area contributed by atoms with Crippen molar-refractivity contribution in [3.63, 3.8) is 0 Å². The summed E-state index contributed by atoms with van der Waals surface area (Å²) in [6.45, 7) is 14.5. The SMILES string of the molecule is C=C(C)c1cccc(C(C)(C)NC(=O)Nc2nc(-c3ccc(OCC)cc3)c(C)s2)c1. The topological polar surface area (TPSA) is 63.2 Å². The highest BCUT2D eigenvalue weighted by Gasteiger charge is 2.24. The summed E-state index contributed by atoms with van der Waals surface area (Å²) in [5.41, 5.74) is 4.35. The van der Waals surface area contributed by atoms with Crippen molar-refractivity contribution < 1.29 is 9.53 Å². The number of nitrogens with zero attached hydrogens (tertiary/aromatic N) is 1. The predicted octanol–water partition coefficient (Wildman–Crippen LogP) is 6.61. The average molecular weight is 436 g/mol. The minimum absolute atomic E-state index is 0.294. The lowest BCUT2D eigenvalue weighted by molar-refractivity contribution is 0.242. The molecule has 1 aromatic heterocycles. The van der Waals surface area contributed by atoms with E-state index in [0.717, 1.165) is 38.6 Å². The zero-order chi connectivity index (χ0) is 22.6. The Morgan fingerprint density at radius 3 is 2.55 bits per heavy atom. The van der Waals surface area contributed by atoms with Gasteiger partial charge in [0.1, 0.15) is 5.75 Å². The maximum absolute atomic E-state index is 12.7. The molecule has 0 spiro atoms. The summed E-state index contributed by atoms with van der Waals surface area (Å²) in [4.78, 5) is 18.4. The zero-order valence-electron chi connectivity index (χ0n) is 18.7. The van der Waals surface area contributed by atoms with Gasteiger partial charge >= 0.3 is 6.03 Å². The van der Waals surface area contributed by atoms with Crippen LogP contribution in [0.2, 0.25) is 0 Å². The number of anilines is 1. The number of thiazole rings is 1. The van der Waals surface area contributed by atoms with Crippen molar-refractivity contribution in [3.8, 4) is 17.0 Å². The highest BCUT2D eigenvalue weighted by molar-refractivity contribution is 7.16. The lowest BCUT2D eigenvalue weighted by atomic mass is 9.92. The molecule has 2 N–H and O–H groups in total. The first-order valence-corrected chi connectivity index (χ1v) is 11.1. The molecule has 0 unspecified atom stereocenters. The number of allylic oxidation sites excluding steroid dienone is 1. The number of carbonyl (C=O) groups excluding carboxylic acids is 1. The maximum atomic E-state index is 12.7. The van der Waals surface area contributed by atoms with Crippen LogP contribution in [0.4, 0.5) is 9.93 Å². The third kappa shape index (κ3) is 5.52. The molecular weight excluding hydrogens is 406 g/mol. The Hall–Kier alpha value is -3.12. The van der Waals surface area contributed by atoms with Crippen LogP contribution in [0.5, 0.6) is 5.75 Å². The van der Waals surface area contributed by atoms with Gasteiger partial charge in [-0.25, -0.2) is 9.78 Å². The molecule has 3 rings (SSSR count). The average Bonchev–Trinajstić information content (AvgIpc) is 3.08. The molecule has 0 bridgehead atoms. The predicted molar refractivity (Wildman–Crippen MR) is 130 cm³/mol. The smallest absolute Gasteiger partial charge is 0.321 e. The second-order valence-electron chi connectivity index (χ2n) is 7.95. The molecule has 0 aliphatic heterocycles. The second-order valence-corrected chi connectivity index (χ2v) is 9.15. The summed E-state index contributed by atoms with van der Waals surface area (Å²) in [6, 6.07) is 15.6. The van der Waals surface area contributed by atoms with Gasteiger partial charge in [-0.05, 0) is 76.1 Å². The Morgan fingerprint density at radius 1 is 1.19 bits per heavy atom. The minimum atomic E-state index is -0.556. The fraction of sp³-hybridized carbons (Fsp3) is 0.280. The maximum Gasteiger partial charge on any atom is 0.321 e. The van der Waals surface area contributed by atoms with Gasteiger partial charge in [0.05, 0.1) is 17.8 Å². The highest BCUT2D eigenvalue weighted by atomic mass is 32.1.